The van der Waals surface area contributed by atoms with Gasteiger partial charge in [-0.1, -0.05) is 5.16 Å². The summed E-state index contributed by atoms with van der Waals surface area (Å²) in [6.45, 7) is 6.86. The zero-order chi connectivity index (χ0) is 19.2. The van der Waals surface area contributed by atoms with Gasteiger partial charge < -0.3 is 24.2 Å². The van der Waals surface area contributed by atoms with Gasteiger partial charge in [0.25, 0.3) is 0 Å². The van der Waals surface area contributed by atoms with Crippen molar-refractivity contribution in [3.63, 3.8) is 0 Å². The van der Waals surface area contributed by atoms with Gasteiger partial charge in [0.2, 0.25) is 5.89 Å². The van der Waals surface area contributed by atoms with Crippen LogP contribution in [-0.2, 0) is 6.54 Å². The lowest BCUT2D eigenvalue weighted by molar-refractivity contribution is 0.387. The molecular formula is C19H27N5O3. The first kappa shape index (κ1) is 19.0. The number of aromatic nitrogens is 2. The average molecular weight is 373 g/mol. The summed E-state index contributed by atoms with van der Waals surface area (Å²) in [6.07, 6.45) is 1.04. The van der Waals surface area contributed by atoms with Crippen molar-refractivity contribution in [1.82, 2.24) is 20.4 Å². The Morgan fingerprint density at radius 3 is 2.63 bits per heavy atom. The number of guanidine groups is 1. The number of ether oxygens (including phenoxy) is 2. The Kier molecular flexibility index (Phi) is 6.16. The van der Waals surface area contributed by atoms with Crippen molar-refractivity contribution in [2.45, 2.75) is 32.7 Å². The predicted octanol–water partition coefficient (Wildman–Crippen LogP) is 2.35. The highest BCUT2D eigenvalue weighted by molar-refractivity contribution is 5.80. The molecule has 8 nitrogen and oxygen atoms in total. The normalized spacial score (nSPS) is 17.3. The van der Waals surface area contributed by atoms with Crippen molar-refractivity contribution >= 4 is 5.96 Å². The van der Waals surface area contributed by atoms with Crippen LogP contribution < -0.4 is 14.8 Å². The molecule has 1 saturated heterocycles. The van der Waals surface area contributed by atoms with Gasteiger partial charge in [-0.3, -0.25) is 0 Å². The molecule has 27 heavy (non-hydrogen) atoms. The third kappa shape index (κ3) is 4.69. The fraction of sp³-hybridized carbons (Fsp3) is 0.526. The lowest BCUT2D eigenvalue weighted by atomic mass is 9.98. The van der Waals surface area contributed by atoms with E-state index in [1.165, 1.54) is 5.56 Å². The second-order valence-electron chi connectivity index (χ2n) is 6.48. The Morgan fingerprint density at radius 1 is 1.30 bits per heavy atom. The van der Waals surface area contributed by atoms with Gasteiger partial charge in [0, 0.05) is 38.5 Å². The van der Waals surface area contributed by atoms with Crippen LogP contribution in [0.4, 0.5) is 0 Å². The number of hydrogen-bond acceptors (Lipinski definition) is 6. The van der Waals surface area contributed by atoms with Crippen LogP contribution in [0.25, 0.3) is 0 Å². The van der Waals surface area contributed by atoms with Crippen LogP contribution in [0.15, 0.2) is 27.7 Å². The Hall–Kier alpha value is -2.77. The van der Waals surface area contributed by atoms with Crippen LogP contribution in [0.1, 0.15) is 36.5 Å². The number of aryl methyl sites for hydroxylation is 1. The Bertz CT molecular complexity index is 767. The van der Waals surface area contributed by atoms with E-state index in [2.05, 4.69) is 44.4 Å². The smallest absolute Gasteiger partial charge is 0.223 e. The van der Waals surface area contributed by atoms with Gasteiger partial charge in [-0.15, -0.1) is 0 Å². The summed E-state index contributed by atoms with van der Waals surface area (Å²) in [5, 5.41) is 7.27. The van der Waals surface area contributed by atoms with Crippen molar-refractivity contribution in [2.24, 2.45) is 4.99 Å². The molecule has 1 unspecified atom stereocenters. The van der Waals surface area contributed by atoms with Gasteiger partial charge >= 0.3 is 0 Å². The second kappa shape index (κ2) is 8.75. The molecule has 8 heteroatoms. The van der Waals surface area contributed by atoms with Crippen molar-refractivity contribution < 1.29 is 14.0 Å². The predicted molar refractivity (Wildman–Crippen MR) is 102 cm³/mol. The average Bonchev–Trinajstić information content (AvgIpc) is 3.34. The molecule has 1 atom stereocenters. The van der Waals surface area contributed by atoms with Crippen LogP contribution in [0, 0.1) is 6.92 Å². The molecule has 0 spiro atoms. The largest absolute Gasteiger partial charge is 0.497 e. The number of likely N-dealkylation sites (tertiary alicyclic amines) is 1. The van der Waals surface area contributed by atoms with Gasteiger partial charge in [-0.2, -0.15) is 4.98 Å². The van der Waals surface area contributed by atoms with Crippen molar-refractivity contribution in [3.05, 3.63) is 35.5 Å². The maximum absolute atomic E-state index is 5.41. The fourth-order valence-corrected chi connectivity index (χ4v) is 3.27. The molecule has 0 saturated carbocycles. The summed E-state index contributed by atoms with van der Waals surface area (Å²) in [7, 11) is 3.35. The third-order valence-corrected chi connectivity index (χ3v) is 4.61. The summed E-state index contributed by atoms with van der Waals surface area (Å²) in [4.78, 5) is 11.2. The molecule has 0 bridgehead atoms. The fourth-order valence-electron chi connectivity index (χ4n) is 3.27. The molecule has 0 aliphatic carbocycles. The molecule has 1 aromatic heterocycles. The minimum Gasteiger partial charge on any atom is -0.497 e. The molecule has 1 fully saturated rings. The lowest BCUT2D eigenvalue weighted by Gasteiger charge is -2.21. The Balaban J connectivity index is 1.72. The topological polar surface area (TPSA) is 85.0 Å². The first-order valence-electron chi connectivity index (χ1n) is 9.18. The van der Waals surface area contributed by atoms with Crippen LogP contribution in [-0.4, -0.2) is 54.9 Å². The van der Waals surface area contributed by atoms with E-state index in [9.17, 15) is 0 Å². The molecule has 2 aromatic rings. The van der Waals surface area contributed by atoms with Crippen molar-refractivity contribution in [3.8, 4) is 11.5 Å². The number of aliphatic imine (C=N–C) groups is 1. The third-order valence-electron chi connectivity index (χ3n) is 4.61. The van der Waals surface area contributed by atoms with E-state index >= 15 is 0 Å². The highest BCUT2D eigenvalue weighted by Gasteiger charge is 2.27. The number of nitrogens with one attached hydrogen (secondary N) is 1. The molecular weight excluding hydrogens is 346 g/mol. The van der Waals surface area contributed by atoms with Gasteiger partial charge in [-0.05, 0) is 31.0 Å². The minimum absolute atomic E-state index is 0.394. The molecule has 0 amide bonds. The van der Waals surface area contributed by atoms with Gasteiger partial charge in [0.1, 0.15) is 18.0 Å². The molecule has 146 valence electrons. The summed E-state index contributed by atoms with van der Waals surface area (Å²) in [5.74, 6) is 4.05. The SMILES string of the molecule is CCNC(=NCc1noc(C)n1)N1CCC(c2cc(OC)cc(OC)c2)C1. The monoisotopic (exact) mass is 373 g/mol. The van der Waals surface area contributed by atoms with E-state index in [1.54, 1.807) is 21.1 Å². The first-order chi connectivity index (χ1) is 13.1. The number of hydrogen-bond donors (Lipinski definition) is 1. The first-order valence-corrected chi connectivity index (χ1v) is 9.18. The summed E-state index contributed by atoms with van der Waals surface area (Å²) in [5.41, 5.74) is 1.22. The molecule has 1 aromatic carbocycles. The molecule has 0 radical (unpaired) electrons. The standard InChI is InChI=1S/C19H27N5O3/c1-5-20-19(21-11-18-22-13(2)27-23-18)24-7-6-14(12-24)15-8-16(25-3)10-17(9-15)26-4/h8-10,14H,5-7,11-12H2,1-4H3,(H,20,21). The van der Waals surface area contributed by atoms with Gasteiger partial charge in [-0.25, -0.2) is 4.99 Å². The van der Waals surface area contributed by atoms with Gasteiger partial charge in [0.05, 0.1) is 14.2 Å². The van der Waals surface area contributed by atoms with E-state index in [0.29, 0.717) is 24.2 Å². The number of nitrogens with zero attached hydrogens (tertiary/aromatic N) is 4. The Labute approximate surface area is 159 Å². The number of benzene rings is 1. The maximum Gasteiger partial charge on any atom is 0.223 e. The molecule has 1 aliphatic heterocycles. The quantitative estimate of drug-likeness (QED) is 0.614. The van der Waals surface area contributed by atoms with E-state index in [-0.39, 0.29) is 0 Å². The summed E-state index contributed by atoms with van der Waals surface area (Å²) < 4.78 is 15.8. The van der Waals surface area contributed by atoms with Crippen LogP contribution >= 0.6 is 0 Å². The molecule has 1 N–H and O–H groups in total. The van der Waals surface area contributed by atoms with Crippen molar-refractivity contribution in [1.29, 1.82) is 0 Å². The van der Waals surface area contributed by atoms with E-state index in [4.69, 9.17) is 14.0 Å². The van der Waals surface area contributed by atoms with E-state index < -0.39 is 0 Å². The zero-order valence-corrected chi connectivity index (χ0v) is 16.4. The minimum atomic E-state index is 0.394. The molecule has 1 aliphatic rings. The molecule has 2 heterocycles. The zero-order valence-electron chi connectivity index (χ0n) is 16.4. The second-order valence-corrected chi connectivity index (χ2v) is 6.48. The highest BCUT2D eigenvalue weighted by Crippen LogP contribution is 2.32. The van der Waals surface area contributed by atoms with E-state index in [1.807, 2.05) is 6.07 Å². The lowest BCUT2D eigenvalue weighted by Crippen LogP contribution is -2.40. The van der Waals surface area contributed by atoms with Gasteiger partial charge in [0.15, 0.2) is 11.8 Å². The molecule has 3 rings (SSSR count). The number of rotatable bonds is 6. The summed E-state index contributed by atoms with van der Waals surface area (Å²) in [6, 6.07) is 6.07. The number of methoxy groups -OCH3 is 2. The van der Waals surface area contributed by atoms with Crippen molar-refractivity contribution in [2.75, 3.05) is 33.9 Å². The van der Waals surface area contributed by atoms with Crippen LogP contribution in [0.5, 0.6) is 11.5 Å². The highest BCUT2D eigenvalue weighted by atomic mass is 16.5. The van der Waals surface area contributed by atoms with E-state index in [0.717, 1.165) is 43.5 Å². The van der Waals surface area contributed by atoms with Crippen LogP contribution in [0.2, 0.25) is 0 Å². The summed E-state index contributed by atoms with van der Waals surface area (Å²) >= 11 is 0. The Morgan fingerprint density at radius 2 is 2.04 bits per heavy atom. The maximum atomic E-state index is 5.41. The van der Waals surface area contributed by atoms with Crippen LogP contribution in [0.3, 0.4) is 0 Å².